The van der Waals surface area contributed by atoms with Gasteiger partial charge in [0.1, 0.15) is 12.0 Å². The van der Waals surface area contributed by atoms with Crippen molar-refractivity contribution in [3.05, 3.63) is 60.0 Å². The Kier molecular flexibility index (Phi) is 5.29. The van der Waals surface area contributed by atoms with E-state index in [1.807, 2.05) is 30.3 Å². The van der Waals surface area contributed by atoms with E-state index >= 15 is 0 Å². The van der Waals surface area contributed by atoms with Gasteiger partial charge in [0.25, 0.3) is 0 Å². The SMILES string of the molecule is COc1cccc(-c2nc(CN3CCN(Cc4ccc5c(c4)OCO5)CC3)co2)c1. The summed E-state index contributed by atoms with van der Waals surface area (Å²) in [6.07, 6.45) is 1.76. The van der Waals surface area contributed by atoms with Gasteiger partial charge in [-0.25, -0.2) is 4.98 Å². The van der Waals surface area contributed by atoms with Crippen LogP contribution >= 0.6 is 0 Å². The minimum atomic E-state index is 0.318. The van der Waals surface area contributed by atoms with Crippen molar-refractivity contribution in [2.24, 2.45) is 0 Å². The van der Waals surface area contributed by atoms with Crippen LogP contribution in [0.3, 0.4) is 0 Å². The van der Waals surface area contributed by atoms with Crippen LogP contribution in [-0.4, -0.2) is 54.9 Å². The number of hydrogen-bond donors (Lipinski definition) is 0. The van der Waals surface area contributed by atoms with Crippen molar-refractivity contribution in [3.8, 4) is 28.7 Å². The Hall–Kier alpha value is -3.03. The van der Waals surface area contributed by atoms with Gasteiger partial charge in [0.05, 0.1) is 12.8 Å². The van der Waals surface area contributed by atoms with E-state index in [1.54, 1.807) is 13.4 Å². The third kappa shape index (κ3) is 4.13. The van der Waals surface area contributed by atoms with Crippen LogP contribution in [0.25, 0.3) is 11.5 Å². The number of fused-ring (bicyclic) bond motifs is 1. The molecule has 2 aromatic carbocycles. The molecule has 0 atom stereocenters. The maximum Gasteiger partial charge on any atom is 0.231 e. The third-order valence-corrected chi connectivity index (χ3v) is 5.56. The highest BCUT2D eigenvalue weighted by Gasteiger charge is 2.20. The van der Waals surface area contributed by atoms with Crippen molar-refractivity contribution in [1.29, 1.82) is 0 Å². The maximum absolute atomic E-state index is 5.70. The molecule has 7 heteroatoms. The van der Waals surface area contributed by atoms with Gasteiger partial charge < -0.3 is 18.6 Å². The van der Waals surface area contributed by atoms with Gasteiger partial charge in [-0.05, 0) is 35.9 Å². The number of ether oxygens (including phenoxy) is 3. The second kappa shape index (κ2) is 8.38. The Morgan fingerprint density at radius 1 is 0.933 bits per heavy atom. The minimum Gasteiger partial charge on any atom is -0.497 e. The van der Waals surface area contributed by atoms with Crippen molar-refractivity contribution in [2.45, 2.75) is 13.1 Å². The minimum absolute atomic E-state index is 0.318. The molecule has 0 aliphatic carbocycles. The predicted molar refractivity (Wildman–Crippen MR) is 112 cm³/mol. The Morgan fingerprint density at radius 3 is 2.57 bits per heavy atom. The summed E-state index contributed by atoms with van der Waals surface area (Å²) in [5.41, 5.74) is 3.14. The first-order chi connectivity index (χ1) is 14.8. The van der Waals surface area contributed by atoms with Crippen molar-refractivity contribution < 1.29 is 18.6 Å². The van der Waals surface area contributed by atoms with E-state index in [4.69, 9.17) is 18.6 Å². The third-order valence-electron chi connectivity index (χ3n) is 5.56. The molecule has 3 heterocycles. The smallest absolute Gasteiger partial charge is 0.231 e. The van der Waals surface area contributed by atoms with Crippen LogP contribution < -0.4 is 14.2 Å². The summed E-state index contributed by atoms with van der Waals surface area (Å²) in [6, 6.07) is 14.0. The summed E-state index contributed by atoms with van der Waals surface area (Å²) < 4.78 is 21.9. The fraction of sp³-hybridized carbons (Fsp3) is 0.348. The zero-order valence-corrected chi connectivity index (χ0v) is 17.0. The summed E-state index contributed by atoms with van der Waals surface area (Å²) in [5, 5.41) is 0. The summed E-state index contributed by atoms with van der Waals surface area (Å²) in [5.74, 6) is 3.12. The highest BCUT2D eigenvalue weighted by Crippen LogP contribution is 2.33. The Balaban J connectivity index is 1.14. The molecular weight excluding hydrogens is 382 g/mol. The van der Waals surface area contributed by atoms with Gasteiger partial charge >= 0.3 is 0 Å². The average molecular weight is 407 g/mol. The normalized spacial score (nSPS) is 16.7. The van der Waals surface area contributed by atoms with Gasteiger partial charge in [-0.3, -0.25) is 9.80 Å². The van der Waals surface area contributed by atoms with Crippen LogP contribution in [-0.2, 0) is 13.1 Å². The summed E-state index contributed by atoms with van der Waals surface area (Å²) in [7, 11) is 1.66. The highest BCUT2D eigenvalue weighted by molar-refractivity contribution is 5.56. The number of methoxy groups -OCH3 is 1. The van der Waals surface area contributed by atoms with E-state index in [-0.39, 0.29) is 0 Å². The van der Waals surface area contributed by atoms with Crippen LogP contribution in [0.5, 0.6) is 17.2 Å². The number of nitrogens with zero attached hydrogens (tertiary/aromatic N) is 3. The van der Waals surface area contributed by atoms with Gasteiger partial charge in [0.2, 0.25) is 12.7 Å². The van der Waals surface area contributed by atoms with Crippen LogP contribution in [0.2, 0.25) is 0 Å². The monoisotopic (exact) mass is 407 g/mol. The summed E-state index contributed by atoms with van der Waals surface area (Å²) in [4.78, 5) is 9.56. The molecule has 7 nitrogen and oxygen atoms in total. The molecule has 1 saturated heterocycles. The van der Waals surface area contributed by atoms with E-state index in [0.29, 0.717) is 12.7 Å². The Labute approximate surface area is 175 Å². The van der Waals surface area contributed by atoms with Gasteiger partial charge in [0.15, 0.2) is 11.5 Å². The molecule has 0 N–H and O–H groups in total. The zero-order chi connectivity index (χ0) is 20.3. The second-order valence-electron chi connectivity index (χ2n) is 7.62. The standard InChI is InChI=1S/C23H25N3O4/c1-27-20-4-2-3-18(12-20)23-24-19(15-28-23)14-26-9-7-25(8-10-26)13-17-5-6-21-22(11-17)30-16-29-21/h2-6,11-12,15H,7-10,13-14,16H2,1H3. The fourth-order valence-corrected chi connectivity index (χ4v) is 3.90. The largest absolute Gasteiger partial charge is 0.497 e. The molecule has 3 aromatic rings. The van der Waals surface area contributed by atoms with E-state index in [0.717, 1.165) is 67.8 Å². The van der Waals surface area contributed by atoms with E-state index in [9.17, 15) is 0 Å². The number of piperazine rings is 1. The van der Waals surface area contributed by atoms with Gasteiger partial charge in [0, 0.05) is 44.8 Å². The summed E-state index contributed by atoms with van der Waals surface area (Å²) in [6.45, 7) is 6.10. The lowest BCUT2D eigenvalue weighted by atomic mass is 10.1. The molecule has 2 aliphatic rings. The fourth-order valence-electron chi connectivity index (χ4n) is 3.90. The molecule has 0 saturated carbocycles. The molecule has 0 bridgehead atoms. The summed E-state index contributed by atoms with van der Waals surface area (Å²) >= 11 is 0. The molecule has 5 rings (SSSR count). The molecule has 30 heavy (non-hydrogen) atoms. The number of hydrogen-bond acceptors (Lipinski definition) is 7. The molecule has 1 fully saturated rings. The maximum atomic E-state index is 5.70. The second-order valence-corrected chi connectivity index (χ2v) is 7.62. The van der Waals surface area contributed by atoms with Crippen LogP contribution in [0.1, 0.15) is 11.3 Å². The highest BCUT2D eigenvalue weighted by atomic mass is 16.7. The van der Waals surface area contributed by atoms with Crippen molar-refractivity contribution in [1.82, 2.24) is 14.8 Å². The van der Waals surface area contributed by atoms with E-state index < -0.39 is 0 Å². The van der Waals surface area contributed by atoms with Crippen molar-refractivity contribution in [2.75, 3.05) is 40.1 Å². The molecule has 156 valence electrons. The van der Waals surface area contributed by atoms with Crippen LogP contribution in [0.15, 0.2) is 53.1 Å². The Morgan fingerprint density at radius 2 is 1.73 bits per heavy atom. The van der Waals surface area contributed by atoms with Crippen molar-refractivity contribution >= 4 is 0 Å². The van der Waals surface area contributed by atoms with Gasteiger partial charge in [-0.2, -0.15) is 0 Å². The Bertz CT molecular complexity index is 1010. The van der Waals surface area contributed by atoms with E-state index in [2.05, 4.69) is 26.9 Å². The molecular formula is C23H25N3O4. The molecule has 1 aromatic heterocycles. The van der Waals surface area contributed by atoms with Crippen molar-refractivity contribution in [3.63, 3.8) is 0 Å². The molecule has 0 spiro atoms. The molecule has 0 radical (unpaired) electrons. The van der Waals surface area contributed by atoms with Gasteiger partial charge in [-0.15, -0.1) is 0 Å². The first-order valence-electron chi connectivity index (χ1n) is 10.2. The number of aromatic nitrogens is 1. The predicted octanol–water partition coefficient (Wildman–Crippen LogP) is 3.40. The topological polar surface area (TPSA) is 60.2 Å². The lowest BCUT2D eigenvalue weighted by molar-refractivity contribution is 0.121. The van der Waals surface area contributed by atoms with Gasteiger partial charge in [-0.1, -0.05) is 12.1 Å². The molecule has 0 amide bonds. The quantitative estimate of drug-likeness (QED) is 0.621. The molecule has 2 aliphatic heterocycles. The lowest BCUT2D eigenvalue weighted by Crippen LogP contribution is -2.45. The lowest BCUT2D eigenvalue weighted by Gasteiger charge is -2.34. The van der Waals surface area contributed by atoms with Crippen LogP contribution in [0.4, 0.5) is 0 Å². The average Bonchev–Trinajstić information content (AvgIpc) is 3.44. The first-order valence-corrected chi connectivity index (χ1v) is 10.2. The molecule has 0 unspecified atom stereocenters. The zero-order valence-electron chi connectivity index (χ0n) is 17.0. The number of rotatable bonds is 6. The van der Waals surface area contributed by atoms with Crippen LogP contribution in [0, 0.1) is 0 Å². The first kappa shape index (κ1) is 19.0. The number of benzene rings is 2. The number of oxazole rings is 1. The van der Waals surface area contributed by atoms with E-state index in [1.165, 1.54) is 5.56 Å².